The first kappa shape index (κ1) is 27.7. The molecule has 0 aliphatic carbocycles. The highest BCUT2D eigenvalue weighted by Crippen LogP contribution is 2.30. The number of aromatic hydroxyl groups is 1. The van der Waals surface area contributed by atoms with Crippen LogP contribution >= 0.6 is 0 Å². The number of hydrogen-bond donors (Lipinski definition) is 1. The Morgan fingerprint density at radius 3 is 2.46 bits per heavy atom. The molecule has 2 aromatic carbocycles. The second kappa shape index (κ2) is 11.6. The van der Waals surface area contributed by atoms with E-state index >= 15 is 0 Å². The maximum absolute atomic E-state index is 13.9. The summed E-state index contributed by atoms with van der Waals surface area (Å²) in [5.74, 6) is -1.13. The van der Waals surface area contributed by atoms with Gasteiger partial charge in [0, 0.05) is 18.2 Å². The van der Waals surface area contributed by atoms with Crippen LogP contribution in [0.15, 0.2) is 81.6 Å². The van der Waals surface area contributed by atoms with Gasteiger partial charge in [-0.2, -0.15) is 10.2 Å². The second-order valence-electron chi connectivity index (χ2n) is 9.04. The molecule has 0 fully saturated rings. The van der Waals surface area contributed by atoms with Crippen LogP contribution in [0.4, 0.5) is 4.39 Å². The van der Waals surface area contributed by atoms with Gasteiger partial charge < -0.3 is 5.11 Å². The summed E-state index contributed by atoms with van der Waals surface area (Å²) in [5.41, 5.74) is 1.15. The van der Waals surface area contributed by atoms with Gasteiger partial charge in [-0.3, -0.25) is 14.3 Å². The Morgan fingerprint density at radius 2 is 1.82 bits per heavy atom. The molecule has 39 heavy (non-hydrogen) atoms. The summed E-state index contributed by atoms with van der Waals surface area (Å²) in [4.78, 5) is 20.9. The highest BCUT2D eigenvalue weighted by atomic mass is 32.2. The number of benzene rings is 2. The van der Waals surface area contributed by atoms with Crippen LogP contribution in [0.3, 0.4) is 0 Å². The SMILES string of the molecule is CCCCc1nc(O)c(S(=O)(=O)c2ccc(-c3cncc(F)c3)cc2)c(=O)n1[C@@H](CC)c1cccc(C#N)c1. The Labute approximate surface area is 226 Å². The van der Waals surface area contributed by atoms with Gasteiger partial charge in [0.2, 0.25) is 15.7 Å². The maximum atomic E-state index is 13.9. The third-order valence-electron chi connectivity index (χ3n) is 6.45. The minimum atomic E-state index is -4.49. The van der Waals surface area contributed by atoms with Gasteiger partial charge in [0.1, 0.15) is 11.6 Å². The highest BCUT2D eigenvalue weighted by Gasteiger charge is 2.31. The average molecular weight is 547 g/mol. The van der Waals surface area contributed by atoms with Crippen molar-refractivity contribution in [2.75, 3.05) is 0 Å². The number of aromatic nitrogens is 3. The van der Waals surface area contributed by atoms with Crippen molar-refractivity contribution in [3.05, 3.63) is 100 Å². The molecule has 1 atom stereocenters. The first-order valence-electron chi connectivity index (χ1n) is 12.5. The molecule has 8 nitrogen and oxygen atoms in total. The molecule has 0 bridgehead atoms. The molecule has 0 aliphatic rings. The van der Waals surface area contributed by atoms with Gasteiger partial charge in [-0.15, -0.1) is 0 Å². The summed E-state index contributed by atoms with van der Waals surface area (Å²) >= 11 is 0. The molecule has 2 aromatic heterocycles. The van der Waals surface area contributed by atoms with Crippen LogP contribution in [0.2, 0.25) is 0 Å². The van der Waals surface area contributed by atoms with E-state index in [0.29, 0.717) is 41.5 Å². The fourth-order valence-corrected chi connectivity index (χ4v) is 5.86. The van der Waals surface area contributed by atoms with Crippen LogP contribution in [-0.2, 0) is 16.3 Å². The van der Waals surface area contributed by atoms with E-state index in [0.717, 1.165) is 12.6 Å². The molecular formula is C29H27FN4O4S. The number of halogens is 1. The minimum Gasteiger partial charge on any atom is -0.492 e. The number of pyridine rings is 1. The van der Waals surface area contributed by atoms with Crippen molar-refractivity contribution in [3.8, 4) is 23.1 Å². The number of aryl methyl sites for hydroxylation is 1. The Morgan fingerprint density at radius 1 is 1.08 bits per heavy atom. The summed E-state index contributed by atoms with van der Waals surface area (Å²) in [5, 5.41) is 20.1. The third kappa shape index (κ3) is 5.59. The van der Waals surface area contributed by atoms with E-state index in [1.165, 1.54) is 41.1 Å². The Bertz CT molecular complexity index is 1710. The van der Waals surface area contributed by atoms with Gasteiger partial charge in [0.25, 0.3) is 5.56 Å². The molecule has 0 saturated heterocycles. The number of rotatable bonds is 9. The van der Waals surface area contributed by atoms with Crippen molar-refractivity contribution in [2.45, 2.75) is 55.4 Å². The van der Waals surface area contributed by atoms with Crippen LogP contribution in [0, 0.1) is 17.1 Å². The molecule has 200 valence electrons. The van der Waals surface area contributed by atoms with E-state index in [1.54, 1.807) is 24.3 Å². The maximum Gasteiger partial charge on any atom is 0.277 e. The smallest absolute Gasteiger partial charge is 0.277 e. The summed E-state index contributed by atoms with van der Waals surface area (Å²) < 4.78 is 42.3. The lowest BCUT2D eigenvalue weighted by Gasteiger charge is -2.23. The summed E-state index contributed by atoms with van der Waals surface area (Å²) in [7, 11) is -4.49. The summed E-state index contributed by atoms with van der Waals surface area (Å²) in [6.45, 7) is 3.82. The average Bonchev–Trinajstić information content (AvgIpc) is 2.93. The Hall–Kier alpha value is -4.36. The lowest BCUT2D eigenvalue weighted by molar-refractivity contribution is 0.406. The fraction of sp³-hybridized carbons (Fsp3) is 0.241. The summed E-state index contributed by atoms with van der Waals surface area (Å²) in [6.07, 6.45) is 4.74. The fourth-order valence-electron chi connectivity index (χ4n) is 4.51. The summed E-state index contributed by atoms with van der Waals surface area (Å²) in [6, 6.07) is 15.1. The van der Waals surface area contributed by atoms with Gasteiger partial charge >= 0.3 is 0 Å². The first-order chi connectivity index (χ1) is 18.7. The predicted molar refractivity (Wildman–Crippen MR) is 143 cm³/mol. The van der Waals surface area contributed by atoms with Gasteiger partial charge in [-0.1, -0.05) is 44.5 Å². The molecule has 0 aliphatic heterocycles. The van der Waals surface area contributed by atoms with Crippen molar-refractivity contribution in [1.29, 1.82) is 5.26 Å². The van der Waals surface area contributed by atoms with Gasteiger partial charge in [0.05, 0.1) is 28.8 Å². The van der Waals surface area contributed by atoms with E-state index < -0.39 is 38.0 Å². The van der Waals surface area contributed by atoms with Crippen molar-refractivity contribution in [3.63, 3.8) is 0 Å². The molecule has 4 rings (SSSR count). The Balaban J connectivity index is 1.87. The zero-order valence-corrected chi connectivity index (χ0v) is 22.3. The highest BCUT2D eigenvalue weighted by molar-refractivity contribution is 7.91. The molecule has 2 heterocycles. The molecule has 4 aromatic rings. The van der Waals surface area contributed by atoms with Crippen molar-refractivity contribution < 1.29 is 17.9 Å². The van der Waals surface area contributed by atoms with Crippen LogP contribution in [-0.4, -0.2) is 28.1 Å². The molecule has 1 N–H and O–H groups in total. The van der Waals surface area contributed by atoms with Crippen molar-refractivity contribution in [2.24, 2.45) is 0 Å². The van der Waals surface area contributed by atoms with Crippen LogP contribution < -0.4 is 5.56 Å². The van der Waals surface area contributed by atoms with Gasteiger partial charge in [-0.25, -0.2) is 12.8 Å². The van der Waals surface area contributed by atoms with E-state index in [2.05, 4.69) is 16.0 Å². The lowest BCUT2D eigenvalue weighted by atomic mass is 10.0. The number of unbranched alkanes of at least 4 members (excludes halogenated alkanes) is 1. The lowest BCUT2D eigenvalue weighted by Crippen LogP contribution is -2.33. The molecular weight excluding hydrogens is 519 g/mol. The number of nitriles is 1. The molecule has 0 spiro atoms. The zero-order chi connectivity index (χ0) is 28.2. The first-order valence-corrected chi connectivity index (χ1v) is 14.0. The third-order valence-corrected chi connectivity index (χ3v) is 8.24. The van der Waals surface area contributed by atoms with Crippen molar-refractivity contribution >= 4 is 9.84 Å². The quantitative estimate of drug-likeness (QED) is 0.306. The van der Waals surface area contributed by atoms with E-state index in [1.807, 2.05) is 13.8 Å². The molecule has 0 radical (unpaired) electrons. The van der Waals surface area contributed by atoms with Crippen LogP contribution in [0.5, 0.6) is 5.88 Å². The monoisotopic (exact) mass is 546 g/mol. The van der Waals surface area contributed by atoms with Gasteiger partial charge in [0.15, 0.2) is 4.90 Å². The molecule has 0 amide bonds. The standard InChI is InChI=1S/C29H27FN4O4S/c1-3-5-9-26-33-28(35)27(29(36)34(26)25(4-2)21-8-6-7-19(14-21)16-31)39(37,38)24-12-10-20(11-13-24)22-15-23(30)18-32-17-22/h6-8,10-15,17-18,25,35H,3-5,9H2,1-2H3/t25-/m0/s1. The van der Waals surface area contributed by atoms with E-state index in [9.17, 15) is 28.0 Å². The largest absolute Gasteiger partial charge is 0.492 e. The number of sulfone groups is 1. The van der Waals surface area contributed by atoms with Crippen LogP contribution in [0.25, 0.3) is 11.1 Å². The minimum absolute atomic E-state index is 0.225. The zero-order valence-electron chi connectivity index (χ0n) is 21.5. The molecule has 0 unspecified atom stereocenters. The van der Waals surface area contributed by atoms with E-state index in [-0.39, 0.29) is 10.7 Å². The number of hydrogen-bond acceptors (Lipinski definition) is 7. The molecule has 10 heteroatoms. The van der Waals surface area contributed by atoms with Crippen LogP contribution in [0.1, 0.15) is 56.1 Å². The topological polar surface area (TPSA) is 126 Å². The van der Waals surface area contributed by atoms with E-state index in [4.69, 9.17) is 0 Å². The number of nitrogens with zero attached hydrogens (tertiary/aromatic N) is 4. The van der Waals surface area contributed by atoms with Crippen molar-refractivity contribution in [1.82, 2.24) is 14.5 Å². The normalized spacial score (nSPS) is 12.2. The molecule has 0 saturated carbocycles. The second-order valence-corrected chi connectivity index (χ2v) is 10.9. The predicted octanol–water partition coefficient (Wildman–Crippen LogP) is 5.20. The van der Waals surface area contributed by atoms with Gasteiger partial charge in [-0.05, 0) is 54.3 Å². The Kier molecular flexibility index (Phi) is 8.21.